The van der Waals surface area contributed by atoms with Gasteiger partial charge in [-0.3, -0.25) is 0 Å². The maximum Gasteiger partial charge on any atom is 0.161 e. The van der Waals surface area contributed by atoms with Gasteiger partial charge in [0.15, 0.2) is 5.82 Å². The van der Waals surface area contributed by atoms with Gasteiger partial charge in [-0.15, -0.1) is 0 Å². The third-order valence-electron chi connectivity index (χ3n) is 4.40. The van der Waals surface area contributed by atoms with E-state index in [1.807, 2.05) is 24.3 Å². The molecule has 0 radical (unpaired) electrons. The highest BCUT2D eigenvalue weighted by molar-refractivity contribution is 6.30. The van der Waals surface area contributed by atoms with E-state index < -0.39 is 0 Å². The molecule has 3 nitrogen and oxygen atoms in total. The van der Waals surface area contributed by atoms with Crippen molar-refractivity contribution < 1.29 is 0 Å². The first-order valence-electron chi connectivity index (χ1n) is 7.72. The summed E-state index contributed by atoms with van der Waals surface area (Å²) in [5, 5.41) is 0.735. The van der Waals surface area contributed by atoms with E-state index in [9.17, 15) is 0 Å². The van der Waals surface area contributed by atoms with Crippen LogP contribution >= 0.6 is 11.6 Å². The Balaban J connectivity index is 1.83. The van der Waals surface area contributed by atoms with E-state index in [2.05, 4.69) is 4.90 Å². The summed E-state index contributed by atoms with van der Waals surface area (Å²) in [4.78, 5) is 12.1. The molecule has 1 aromatic heterocycles. The van der Waals surface area contributed by atoms with Crippen LogP contribution in [0.15, 0.2) is 24.3 Å². The molecule has 21 heavy (non-hydrogen) atoms. The zero-order chi connectivity index (χ0) is 14.2. The number of hydrogen-bond acceptors (Lipinski definition) is 3. The maximum atomic E-state index is 6.11. The van der Waals surface area contributed by atoms with Crippen molar-refractivity contribution in [1.29, 1.82) is 0 Å². The fourth-order valence-electron chi connectivity index (χ4n) is 3.36. The Morgan fingerprint density at radius 2 is 1.86 bits per heavy atom. The van der Waals surface area contributed by atoms with Crippen molar-refractivity contribution in [3.63, 3.8) is 0 Å². The summed E-state index contributed by atoms with van der Waals surface area (Å²) >= 11 is 6.11. The highest BCUT2D eigenvalue weighted by Gasteiger charge is 2.24. The number of benzene rings is 1. The monoisotopic (exact) mass is 299 g/mol. The predicted octanol–water partition coefficient (Wildman–Crippen LogP) is 3.89. The quantitative estimate of drug-likeness (QED) is 0.842. The molecule has 0 bridgehead atoms. The van der Waals surface area contributed by atoms with Crippen molar-refractivity contribution in [3.05, 3.63) is 40.5 Å². The Morgan fingerprint density at radius 3 is 2.67 bits per heavy atom. The molecule has 4 heteroatoms. The van der Waals surface area contributed by atoms with Crippen molar-refractivity contribution >= 4 is 17.4 Å². The summed E-state index contributed by atoms with van der Waals surface area (Å²) in [6.07, 6.45) is 5.93. The fourth-order valence-corrected chi connectivity index (χ4v) is 3.55. The van der Waals surface area contributed by atoms with Crippen LogP contribution in [0, 0.1) is 0 Å². The first kappa shape index (κ1) is 13.1. The van der Waals surface area contributed by atoms with Gasteiger partial charge in [-0.05, 0) is 44.2 Å². The topological polar surface area (TPSA) is 29.0 Å². The van der Waals surface area contributed by atoms with Crippen molar-refractivity contribution in [2.75, 3.05) is 18.0 Å². The average Bonchev–Trinajstić information content (AvgIpc) is 3.17. The molecule has 1 saturated heterocycles. The number of aromatic nitrogens is 2. The Kier molecular flexibility index (Phi) is 3.30. The van der Waals surface area contributed by atoms with Crippen molar-refractivity contribution in [1.82, 2.24) is 9.97 Å². The number of nitrogens with zero attached hydrogens (tertiary/aromatic N) is 3. The second kappa shape index (κ2) is 5.30. The Labute approximate surface area is 130 Å². The lowest BCUT2D eigenvalue weighted by Crippen LogP contribution is -2.21. The van der Waals surface area contributed by atoms with Crippen LogP contribution < -0.4 is 4.90 Å². The molecule has 1 aromatic carbocycles. The summed E-state index contributed by atoms with van der Waals surface area (Å²) < 4.78 is 0. The van der Waals surface area contributed by atoms with E-state index >= 15 is 0 Å². The SMILES string of the molecule is Clc1cccc(-c2nc3c(c(N4CCCC4)n2)CCC3)c1. The molecule has 1 aliphatic carbocycles. The molecule has 0 unspecified atom stereocenters. The molecule has 2 aromatic rings. The van der Waals surface area contributed by atoms with E-state index in [4.69, 9.17) is 21.6 Å². The van der Waals surface area contributed by atoms with Gasteiger partial charge >= 0.3 is 0 Å². The van der Waals surface area contributed by atoms with Crippen LogP contribution in [0.3, 0.4) is 0 Å². The lowest BCUT2D eigenvalue weighted by Gasteiger charge is -2.20. The van der Waals surface area contributed by atoms with Crippen LogP contribution in [-0.2, 0) is 12.8 Å². The molecule has 4 rings (SSSR count). The summed E-state index contributed by atoms with van der Waals surface area (Å²) in [5.41, 5.74) is 3.63. The number of anilines is 1. The second-order valence-corrected chi connectivity index (χ2v) is 6.29. The molecule has 1 aliphatic heterocycles. The molecule has 0 atom stereocenters. The number of rotatable bonds is 2. The number of hydrogen-bond donors (Lipinski definition) is 0. The van der Waals surface area contributed by atoms with Crippen LogP contribution in [0.5, 0.6) is 0 Å². The van der Waals surface area contributed by atoms with Crippen molar-refractivity contribution in [2.45, 2.75) is 32.1 Å². The molecule has 0 saturated carbocycles. The molecular weight excluding hydrogens is 282 g/mol. The van der Waals surface area contributed by atoms with Gasteiger partial charge in [-0.1, -0.05) is 23.7 Å². The predicted molar refractivity (Wildman–Crippen MR) is 86.0 cm³/mol. The van der Waals surface area contributed by atoms with Crippen LogP contribution in [0.4, 0.5) is 5.82 Å². The minimum Gasteiger partial charge on any atom is -0.356 e. The van der Waals surface area contributed by atoms with Crippen molar-refractivity contribution in [3.8, 4) is 11.4 Å². The lowest BCUT2D eigenvalue weighted by atomic mass is 10.1. The summed E-state index contributed by atoms with van der Waals surface area (Å²) in [7, 11) is 0. The van der Waals surface area contributed by atoms with Crippen molar-refractivity contribution in [2.24, 2.45) is 0 Å². The summed E-state index contributed by atoms with van der Waals surface area (Å²) in [6, 6.07) is 7.84. The number of aryl methyl sites for hydroxylation is 1. The van der Waals surface area contributed by atoms with E-state index in [1.165, 1.54) is 36.3 Å². The summed E-state index contributed by atoms with van der Waals surface area (Å²) in [6.45, 7) is 2.25. The average molecular weight is 300 g/mol. The van der Waals surface area contributed by atoms with Gasteiger partial charge in [0.2, 0.25) is 0 Å². The van der Waals surface area contributed by atoms with Gasteiger partial charge < -0.3 is 4.90 Å². The third-order valence-corrected chi connectivity index (χ3v) is 4.63. The van der Waals surface area contributed by atoms with Crippen LogP contribution in [0.2, 0.25) is 5.02 Å². The van der Waals surface area contributed by atoms with Gasteiger partial charge in [0.1, 0.15) is 5.82 Å². The smallest absolute Gasteiger partial charge is 0.161 e. The van der Waals surface area contributed by atoms with Crippen LogP contribution in [0.1, 0.15) is 30.5 Å². The van der Waals surface area contributed by atoms with E-state index in [0.29, 0.717) is 0 Å². The fraction of sp³-hybridized carbons (Fsp3) is 0.412. The first-order valence-corrected chi connectivity index (χ1v) is 8.10. The second-order valence-electron chi connectivity index (χ2n) is 5.85. The number of halogens is 1. The zero-order valence-electron chi connectivity index (χ0n) is 12.0. The Hall–Kier alpha value is -1.61. The molecule has 2 aliphatic rings. The minimum atomic E-state index is 0.735. The van der Waals surface area contributed by atoms with Gasteiger partial charge in [0, 0.05) is 34.9 Å². The first-order chi connectivity index (χ1) is 10.3. The molecule has 0 amide bonds. The molecule has 2 heterocycles. The van der Waals surface area contributed by atoms with E-state index in [0.717, 1.165) is 42.3 Å². The molecular formula is C17H18ClN3. The lowest BCUT2D eigenvalue weighted by molar-refractivity contribution is 0.891. The van der Waals surface area contributed by atoms with Gasteiger partial charge in [0.05, 0.1) is 0 Å². The Morgan fingerprint density at radius 1 is 1.00 bits per heavy atom. The normalized spacial score (nSPS) is 17.3. The standard InChI is InChI=1S/C17H18ClN3/c18-13-6-3-5-12(11-13)16-19-15-8-4-7-14(15)17(20-16)21-9-1-2-10-21/h3,5-6,11H,1-2,4,7-10H2. The summed E-state index contributed by atoms with van der Waals surface area (Å²) in [5.74, 6) is 1.99. The zero-order valence-corrected chi connectivity index (χ0v) is 12.7. The third kappa shape index (κ3) is 2.40. The van der Waals surface area contributed by atoms with Crippen LogP contribution in [-0.4, -0.2) is 23.1 Å². The Bertz CT molecular complexity index is 678. The largest absolute Gasteiger partial charge is 0.356 e. The van der Waals surface area contributed by atoms with Crippen LogP contribution in [0.25, 0.3) is 11.4 Å². The van der Waals surface area contributed by atoms with Gasteiger partial charge in [-0.2, -0.15) is 0 Å². The molecule has 0 N–H and O–H groups in total. The molecule has 0 spiro atoms. The van der Waals surface area contributed by atoms with Gasteiger partial charge in [0.25, 0.3) is 0 Å². The number of fused-ring (bicyclic) bond motifs is 1. The van der Waals surface area contributed by atoms with Gasteiger partial charge in [-0.25, -0.2) is 9.97 Å². The highest BCUT2D eigenvalue weighted by atomic mass is 35.5. The van der Waals surface area contributed by atoms with E-state index in [1.54, 1.807) is 0 Å². The highest BCUT2D eigenvalue weighted by Crippen LogP contribution is 2.33. The minimum absolute atomic E-state index is 0.735. The molecule has 108 valence electrons. The maximum absolute atomic E-state index is 6.11. The molecule has 1 fully saturated rings. The van der Waals surface area contributed by atoms with E-state index in [-0.39, 0.29) is 0 Å².